The van der Waals surface area contributed by atoms with Gasteiger partial charge in [-0.15, -0.1) is 0 Å². The minimum Gasteiger partial charge on any atom is -0.256 e. The Hall–Kier alpha value is -4.75. The lowest BCUT2D eigenvalue weighted by atomic mass is 9.81. The molecule has 1 heterocycles. The summed E-state index contributed by atoms with van der Waals surface area (Å²) >= 11 is 0. The van der Waals surface area contributed by atoms with Gasteiger partial charge in [-0.05, 0) is 79.9 Å². The van der Waals surface area contributed by atoms with Gasteiger partial charge in [0.05, 0.1) is 5.69 Å². The third-order valence-electron chi connectivity index (χ3n) is 8.18. The summed E-state index contributed by atoms with van der Waals surface area (Å²) < 4.78 is 0. The summed E-state index contributed by atoms with van der Waals surface area (Å²) in [7, 11) is 0. The first kappa shape index (κ1) is 23.4. The zero-order valence-corrected chi connectivity index (χ0v) is 22.2. The molecular formula is C38H29N. The molecule has 7 rings (SSSR count). The third-order valence-corrected chi connectivity index (χ3v) is 8.18. The van der Waals surface area contributed by atoms with Gasteiger partial charge in [0.25, 0.3) is 0 Å². The summed E-state index contributed by atoms with van der Waals surface area (Å²) in [6.07, 6.45) is 1.84. The Morgan fingerprint density at radius 1 is 0.410 bits per heavy atom. The Morgan fingerprint density at radius 3 is 1.62 bits per heavy atom. The molecule has 1 aliphatic rings. The van der Waals surface area contributed by atoms with Crippen molar-refractivity contribution < 1.29 is 0 Å². The fraction of sp³-hybridized carbons (Fsp3) is 0.0789. The molecule has 1 aromatic heterocycles. The van der Waals surface area contributed by atoms with Crippen LogP contribution >= 0.6 is 0 Å². The van der Waals surface area contributed by atoms with Crippen LogP contribution in [0.25, 0.3) is 55.8 Å². The Bertz CT molecular complexity index is 1790. The van der Waals surface area contributed by atoms with E-state index in [9.17, 15) is 0 Å². The first-order chi connectivity index (χ1) is 19.1. The van der Waals surface area contributed by atoms with Crippen molar-refractivity contribution in [2.24, 2.45) is 0 Å². The molecule has 0 radical (unpaired) electrons. The van der Waals surface area contributed by atoms with E-state index in [1.165, 1.54) is 55.6 Å². The average Bonchev–Trinajstić information content (AvgIpc) is 3.24. The summed E-state index contributed by atoms with van der Waals surface area (Å²) in [4.78, 5) is 4.50. The van der Waals surface area contributed by atoms with Crippen LogP contribution in [0.2, 0.25) is 0 Å². The summed E-state index contributed by atoms with van der Waals surface area (Å²) in [5, 5.41) is 0. The second-order valence-corrected chi connectivity index (χ2v) is 10.9. The van der Waals surface area contributed by atoms with E-state index in [1.807, 2.05) is 18.3 Å². The van der Waals surface area contributed by atoms with Crippen molar-refractivity contribution in [1.29, 1.82) is 0 Å². The van der Waals surface area contributed by atoms with Gasteiger partial charge in [0.15, 0.2) is 0 Å². The predicted octanol–water partition coefficient (Wildman–Crippen LogP) is 10.1. The molecule has 5 aromatic carbocycles. The second-order valence-electron chi connectivity index (χ2n) is 10.9. The van der Waals surface area contributed by atoms with Gasteiger partial charge in [-0.1, -0.05) is 123 Å². The van der Waals surface area contributed by atoms with Crippen LogP contribution in [0.3, 0.4) is 0 Å². The first-order valence-electron chi connectivity index (χ1n) is 13.5. The van der Waals surface area contributed by atoms with Crippen LogP contribution in [0.4, 0.5) is 0 Å². The maximum atomic E-state index is 4.50. The highest BCUT2D eigenvalue weighted by Crippen LogP contribution is 2.49. The monoisotopic (exact) mass is 499 g/mol. The molecule has 0 spiro atoms. The fourth-order valence-electron chi connectivity index (χ4n) is 5.99. The van der Waals surface area contributed by atoms with Crippen LogP contribution in [0.1, 0.15) is 25.0 Å². The number of hydrogen-bond donors (Lipinski definition) is 0. The first-order valence-corrected chi connectivity index (χ1v) is 13.5. The van der Waals surface area contributed by atoms with E-state index in [0.29, 0.717) is 0 Å². The van der Waals surface area contributed by atoms with Gasteiger partial charge in [-0.25, -0.2) is 0 Å². The Kier molecular flexibility index (Phi) is 5.52. The van der Waals surface area contributed by atoms with Crippen molar-refractivity contribution in [3.8, 4) is 55.8 Å². The summed E-state index contributed by atoms with van der Waals surface area (Å²) in [6, 6.07) is 48.2. The lowest BCUT2D eigenvalue weighted by Gasteiger charge is -2.22. The van der Waals surface area contributed by atoms with Gasteiger partial charge in [0.2, 0.25) is 0 Å². The Labute approximate surface area is 230 Å². The minimum absolute atomic E-state index is 0.0146. The van der Waals surface area contributed by atoms with Gasteiger partial charge < -0.3 is 0 Å². The molecule has 0 fully saturated rings. The van der Waals surface area contributed by atoms with Crippen LogP contribution in [0.5, 0.6) is 0 Å². The molecule has 0 unspecified atom stereocenters. The molecule has 0 saturated carbocycles. The predicted molar refractivity (Wildman–Crippen MR) is 164 cm³/mol. The smallest absolute Gasteiger partial charge is 0.0702 e. The minimum atomic E-state index is 0.0146. The molecular weight excluding hydrogens is 470 g/mol. The van der Waals surface area contributed by atoms with Gasteiger partial charge >= 0.3 is 0 Å². The third kappa shape index (κ3) is 4.08. The van der Waals surface area contributed by atoms with Crippen molar-refractivity contribution in [3.63, 3.8) is 0 Å². The molecule has 0 aliphatic heterocycles. The second kappa shape index (κ2) is 9.22. The van der Waals surface area contributed by atoms with E-state index in [0.717, 1.165) is 11.3 Å². The highest BCUT2D eigenvalue weighted by Gasteiger charge is 2.35. The molecule has 0 N–H and O–H groups in total. The molecule has 0 saturated heterocycles. The average molecular weight is 500 g/mol. The maximum absolute atomic E-state index is 4.50. The standard InChI is InChI=1S/C38H29N/c1-38(2)35-11-4-3-10-33(35)34-22-21-31(25-36(34)38)29-19-15-27(16-20-29)26-13-17-28(18-14-26)30-8-7-9-32(24-30)37-12-5-6-23-39-37/h3-25H,1-2H3. The SMILES string of the molecule is CC1(C)c2ccccc2-c2ccc(-c3ccc(-c4ccc(-c5cccc(-c6ccccn6)c5)cc4)cc3)cc21. The molecule has 0 amide bonds. The molecule has 39 heavy (non-hydrogen) atoms. The Balaban J connectivity index is 1.14. The number of pyridine rings is 1. The van der Waals surface area contributed by atoms with Crippen LogP contribution in [0, 0.1) is 0 Å². The summed E-state index contributed by atoms with van der Waals surface area (Å²) in [5.41, 5.74) is 15.1. The summed E-state index contributed by atoms with van der Waals surface area (Å²) in [5.74, 6) is 0. The van der Waals surface area contributed by atoms with Gasteiger partial charge in [0, 0.05) is 17.2 Å². The van der Waals surface area contributed by atoms with Crippen LogP contribution in [0.15, 0.2) is 140 Å². The number of fused-ring (bicyclic) bond motifs is 3. The van der Waals surface area contributed by atoms with E-state index >= 15 is 0 Å². The van der Waals surface area contributed by atoms with Crippen LogP contribution < -0.4 is 0 Å². The molecule has 0 atom stereocenters. The summed E-state index contributed by atoms with van der Waals surface area (Å²) in [6.45, 7) is 4.67. The molecule has 1 heteroatoms. The van der Waals surface area contributed by atoms with E-state index < -0.39 is 0 Å². The quantitative estimate of drug-likeness (QED) is 0.235. The zero-order valence-electron chi connectivity index (χ0n) is 22.2. The highest BCUT2D eigenvalue weighted by atomic mass is 14.7. The zero-order chi connectivity index (χ0) is 26.4. The molecule has 0 bridgehead atoms. The lowest BCUT2D eigenvalue weighted by molar-refractivity contribution is 0.660. The number of aromatic nitrogens is 1. The molecule has 1 aliphatic carbocycles. The maximum Gasteiger partial charge on any atom is 0.0702 e. The van der Waals surface area contributed by atoms with Gasteiger partial charge in [0.1, 0.15) is 0 Å². The molecule has 186 valence electrons. The van der Waals surface area contributed by atoms with E-state index in [1.54, 1.807) is 0 Å². The lowest BCUT2D eigenvalue weighted by Crippen LogP contribution is -2.14. The van der Waals surface area contributed by atoms with Crippen LogP contribution in [-0.2, 0) is 5.41 Å². The highest BCUT2D eigenvalue weighted by molar-refractivity contribution is 5.84. The normalized spacial score (nSPS) is 13.1. The largest absolute Gasteiger partial charge is 0.256 e. The topological polar surface area (TPSA) is 12.9 Å². The number of benzene rings is 5. The van der Waals surface area contributed by atoms with Crippen LogP contribution in [-0.4, -0.2) is 4.98 Å². The van der Waals surface area contributed by atoms with Crippen molar-refractivity contribution in [1.82, 2.24) is 4.98 Å². The van der Waals surface area contributed by atoms with Crippen molar-refractivity contribution in [2.45, 2.75) is 19.3 Å². The van der Waals surface area contributed by atoms with E-state index in [-0.39, 0.29) is 5.41 Å². The number of nitrogens with zero attached hydrogens (tertiary/aromatic N) is 1. The van der Waals surface area contributed by atoms with Gasteiger partial charge in [-0.2, -0.15) is 0 Å². The molecule has 1 nitrogen and oxygen atoms in total. The number of rotatable bonds is 4. The van der Waals surface area contributed by atoms with Crippen molar-refractivity contribution in [3.05, 3.63) is 151 Å². The fourth-order valence-corrected chi connectivity index (χ4v) is 5.99. The van der Waals surface area contributed by atoms with E-state index in [4.69, 9.17) is 0 Å². The van der Waals surface area contributed by atoms with Crippen molar-refractivity contribution in [2.75, 3.05) is 0 Å². The molecule has 6 aromatic rings. The number of hydrogen-bond acceptors (Lipinski definition) is 1. The van der Waals surface area contributed by atoms with Crippen molar-refractivity contribution >= 4 is 0 Å². The van der Waals surface area contributed by atoms with Gasteiger partial charge in [-0.3, -0.25) is 4.98 Å². The van der Waals surface area contributed by atoms with E-state index in [2.05, 4.69) is 140 Å². The Morgan fingerprint density at radius 2 is 0.949 bits per heavy atom.